The summed E-state index contributed by atoms with van der Waals surface area (Å²) in [6, 6.07) is 4.52. The van der Waals surface area contributed by atoms with E-state index in [0.29, 0.717) is 5.69 Å². The zero-order chi connectivity index (χ0) is 13.2. The van der Waals surface area contributed by atoms with Crippen molar-refractivity contribution >= 4 is 21.4 Å². The molecule has 100 valence electrons. The molecule has 0 bridgehead atoms. The molecule has 1 fully saturated rings. The van der Waals surface area contributed by atoms with Crippen molar-refractivity contribution in [3.63, 3.8) is 0 Å². The molecule has 0 aliphatic heterocycles. The van der Waals surface area contributed by atoms with Crippen LogP contribution in [0.2, 0.25) is 0 Å². The Bertz CT molecular complexity index is 524. The van der Waals surface area contributed by atoms with Crippen molar-refractivity contribution in [2.45, 2.75) is 30.6 Å². The molecule has 0 amide bonds. The molecule has 0 aromatic heterocycles. The molecule has 0 unspecified atom stereocenters. The van der Waals surface area contributed by atoms with Crippen molar-refractivity contribution < 1.29 is 8.42 Å². The van der Waals surface area contributed by atoms with Crippen LogP contribution in [0.3, 0.4) is 0 Å². The van der Waals surface area contributed by atoms with Gasteiger partial charge in [-0.15, -0.1) is 0 Å². The summed E-state index contributed by atoms with van der Waals surface area (Å²) >= 11 is 0. The maximum absolute atomic E-state index is 11.1. The van der Waals surface area contributed by atoms with Crippen LogP contribution in [-0.4, -0.2) is 15.0 Å². The van der Waals surface area contributed by atoms with Gasteiger partial charge in [0.1, 0.15) is 0 Å². The predicted molar refractivity (Wildman–Crippen MR) is 72.7 cm³/mol. The topological polar surface area (TPSA) is 98.2 Å². The van der Waals surface area contributed by atoms with Gasteiger partial charge in [0.05, 0.1) is 16.3 Å². The predicted octanol–water partition coefficient (Wildman–Crippen LogP) is 1.52. The van der Waals surface area contributed by atoms with Crippen LogP contribution in [0.25, 0.3) is 0 Å². The number of nitrogen functional groups attached to an aromatic ring is 1. The Morgan fingerprint density at radius 1 is 1.33 bits per heavy atom. The molecular formula is C12H19N3O2S. The van der Waals surface area contributed by atoms with Crippen LogP contribution in [0.15, 0.2) is 23.1 Å². The Hall–Kier alpha value is -1.27. The van der Waals surface area contributed by atoms with Crippen molar-refractivity contribution in [1.82, 2.24) is 0 Å². The average Bonchev–Trinajstić information content (AvgIpc) is 2.22. The van der Waals surface area contributed by atoms with Crippen molar-refractivity contribution in [1.29, 1.82) is 0 Å². The third-order valence-electron chi connectivity index (χ3n) is 3.44. The van der Waals surface area contributed by atoms with E-state index in [2.05, 4.69) is 5.32 Å². The molecule has 1 saturated carbocycles. The number of rotatable bonds is 5. The number of nitrogens with one attached hydrogen (secondary N) is 1. The van der Waals surface area contributed by atoms with Gasteiger partial charge in [0, 0.05) is 6.54 Å². The van der Waals surface area contributed by atoms with Gasteiger partial charge in [-0.2, -0.15) is 0 Å². The maximum atomic E-state index is 11.1. The van der Waals surface area contributed by atoms with Gasteiger partial charge < -0.3 is 11.1 Å². The Kier molecular flexibility index (Phi) is 3.77. The number of sulfonamides is 1. The Morgan fingerprint density at radius 2 is 2.06 bits per heavy atom. The van der Waals surface area contributed by atoms with Crippen molar-refractivity contribution in [3.05, 3.63) is 18.2 Å². The van der Waals surface area contributed by atoms with E-state index in [1.807, 2.05) is 0 Å². The summed E-state index contributed by atoms with van der Waals surface area (Å²) in [6.07, 6.45) is 5.12. The third-order valence-corrected chi connectivity index (χ3v) is 4.36. The first-order valence-corrected chi connectivity index (χ1v) is 7.67. The molecule has 1 aliphatic rings. The van der Waals surface area contributed by atoms with Gasteiger partial charge in [-0.05, 0) is 30.5 Å². The van der Waals surface area contributed by atoms with E-state index in [1.54, 1.807) is 6.07 Å². The van der Waals surface area contributed by atoms with E-state index in [4.69, 9.17) is 10.9 Å². The van der Waals surface area contributed by atoms with Crippen LogP contribution < -0.4 is 16.2 Å². The number of hydrogen-bond acceptors (Lipinski definition) is 4. The second kappa shape index (κ2) is 5.16. The number of primary sulfonamides is 1. The molecule has 0 heterocycles. The van der Waals surface area contributed by atoms with Gasteiger partial charge in [-0.3, -0.25) is 0 Å². The van der Waals surface area contributed by atoms with Crippen LogP contribution in [-0.2, 0) is 10.0 Å². The SMILES string of the molecule is Nc1cc(S(N)(=O)=O)ccc1NCCC1CCC1. The zero-order valence-electron chi connectivity index (χ0n) is 10.2. The number of benzene rings is 1. The Labute approximate surface area is 108 Å². The summed E-state index contributed by atoms with van der Waals surface area (Å²) < 4.78 is 22.3. The highest BCUT2D eigenvalue weighted by atomic mass is 32.2. The molecule has 18 heavy (non-hydrogen) atoms. The summed E-state index contributed by atoms with van der Waals surface area (Å²) in [6.45, 7) is 0.865. The second-order valence-corrected chi connectivity index (χ2v) is 6.37. The lowest BCUT2D eigenvalue weighted by Gasteiger charge is -2.25. The molecule has 1 aliphatic carbocycles. The molecule has 1 aromatic rings. The van der Waals surface area contributed by atoms with Gasteiger partial charge in [-0.1, -0.05) is 19.3 Å². The molecule has 0 radical (unpaired) electrons. The normalized spacial score (nSPS) is 16.3. The molecule has 0 spiro atoms. The lowest BCUT2D eigenvalue weighted by molar-refractivity contribution is 0.303. The van der Waals surface area contributed by atoms with E-state index in [9.17, 15) is 8.42 Å². The third kappa shape index (κ3) is 3.14. The summed E-state index contributed by atoms with van der Waals surface area (Å²) in [7, 11) is -3.68. The fourth-order valence-corrected chi connectivity index (χ4v) is 2.62. The van der Waals surface area contributed by atoms with E-state index in [1.165, 1.54) is 31.4 Å². The van der Waals surface area contributed by atoms with Crippen molar-refractivity contribution in [3.8, 4) is 0 Å². The number of hydrogen-bond donors (Lipinski definition) is 3. The lowest BCUT2D eigenvalue weighted by atomic mass is 9.83. The van der Waals surface area contributed by atoms with Crippen LogP contribution in [0.4, 0.5) is 11.4 Å². The standard InChI is InChI=1S/C12H19N3O2S/c13-11-8-10(18(14,16)17)4-5-12(11)15-7-6-9-2-1-3-9/h4-5,8-9,15H,1-3,6-7,13H2,(H2,14,16,17). The largest absolute Gasteiger partial charge is 0.397 e. The summed E-state index contributed by atoms with van der Waals surface area (Å²) in [5.74, 6) is 0.836. The van der Waals surface area contributed by atoms with Crippen LogP contribution in [0, 0.1) is 5.92 Å². The van der Waals surface area contributed by atoms with Gasteiger partial charge in [0.15, 0.2) is 0 Å². The minimum Gasteiger partial charge on any atom is -0.397 e. The zero-order valence-corrected chi connectivity index (χ0v) is 11.0. The van der Waals surface area contributed by atoms with Gasteiger partial charge >= 0.3 is 0 Å². The first-order valence-electron chi connectivity index (χ1n) is 6.13. The first kappa shape index (κ1) is 13.2. The van der Waals surface area contributed by atoms with E-state index in [0.717, 1.165) is 24.6 Å². The van der Waals surface area contributed by atoms with Gasteiger partial charge in [-0.25, -0.2) is 13.6 Å². The quantitative estimate of drug-likeness (QED) is 0.706. The molecule has 5 nitrogen and oxygen atoms in total. The highest BCUT2D eigenvalue weighted by Gasteiger charge is 2.16. The average molecular weight is 269 g/mol. The first-order chi connectivity index (χ1) is 8.47. The highest BCUT2D eigenvalue weighted by molar-refractivity contribution is 7.89. The van der Waals surface area contributed by atoms with E-state index >= 15 is 0 Å². The molecule has 1 aromatic carbocycles. The summed E-state index contributed by atoms with van der Waals surface area (Å²) in [5, 5.41) is 8.27. The molecular weight excluding hydrogens is 250 g/mol. The maximum Gasteiger partial charge on any atom is 0.238 e. The summed E-state index contributed by atoms with van der Waals surface area (Å²) in [5.41, 5.74) is 6.98. The van der Waals surface area contributed by atoms with Crippen LogP contribution in [0.5, 0.6) is 0 Å². The van der Waals surface area contributed by atoms with Crippen LogP contribution >= 0.6 is 0 Å². The monoisotopic (exact) mass is 269 g/mol. The minimum atomic E-state index is -3.68. The fraction of sp³-hybridized carbons (Fsp3) is 0.500. The van der Waals surface area contributed by atoms with Crippen LogP contribution in [0.1, 0.15) is 25.7 Å². The number of nitrogens with two attached hydrogens (primary N) is 2. The second-order valence-electron chi connectivity index (χ2n) is 4.81. The van der Waals surface area contributed by atoms with Gasteiger partial charge in [0.25, 0.3) is 0 Å². The Balaban J connectivity index is 1.96. The molecule has 2 rings (SSSR count). The summed E-state index contributed by atoms with van der Waals surface area (Å²) in [4.78, 5) is 0.0459. The molecule has 0 saturated heterocycles. The molecule has 0 atom stereocenters. The van der Waals surface area contributed by atoms with E-state index < -0.39 is 10.0 Å². The van der Waals surface area contributed by atoms with Crippen molar-refractivity contribution in [2.75, 3.05) is 17.6 Å². The minimum absolute atomic E-state index is 0.0459. The molecule has 5 N–H and O–H groups in total. The van der Waals surface area contributed by atoms with Crippen molar-refractivity contribution in [2.24, 2.45) is 11.1 Å². The Morgan fingerprint density at radius 3 is 2.56 bits per heavy atom. The highest BCUT2D eigenvalue weighted by Crippen LogP contribution is 2.29. The van der Waals surface area contributed by atoms with E-state index in [-0.39, 0.29) is 4.90 Å². The van der Waals surface area contributed by atoms with Gasteiger partial charge in [0.2, 0.25) is 10.0 Å². The molecule has 6 heteroatoms. The smallest absolute Gasteiger partial charge is 0.238 e. The lowest BCUT2D eigenvalue weighted by Crippen LogP contribution is -2.16. The number of anilines is 2. The fourth-order valence-electron chi connectivity index (χ4n) is 2.07.